The molecule has 3 rings (SSSR count). The average molecular weight is 373 g/mol. The molecule has 0 aliphatic heterocycles. The molecule has 0 fully saturated rings. The second-order valence-electron chi connectivity index (χ2n) is 5.63. The molecule has 0 spiro atoms. The molecule has 2 aromatic carbocycles. The van der Waals surface area contributed by atoms with E-state index in [1.165, 1.54) is 19.5 Å². The molecule has 1 aromatic heterocycles. The number of nitrogens with zero attached hydrogens (tertiary/aromatic N) is 3. The molecule has 3 aromatic rings. The van der Waals surface area contributed by atoms with E-state index in [2.05, 4.69) is 25.3 Å². The van der Waals surface area contributed by atoms with Gasteiger partial charge in [0.25, 0.3) is 5.91 Å². The summed E-state index contributed by atoms with van der Waals surface area (Å²) >= 11 is 0. The number of methoxy groups -OCH3 is 1. The monoisotopic (exact) mass is 373 g/mol. The molecular formula is C20H15N5O3. The number of esters is 1. The zero-order valence-electron chi connectivity index (χ0n) is 14.8. The zero-order valence-corrected chi connectivity index (χ0v) is 14.8. The Kier molecular flexibility index (Phi) is 5.58. The van der Waals surface area contributed by atoms with Gasteiger partial charge in [0.2, 0.25) is 0 Å². The minimum atomic E-state index is -0.443. The molecule has 0 radical (unpaired) electrons. The third kappa shape index (κ3) is 4.47. The Hall–Kier alpha value is -4.25. The van der Waals surface area contributed by atoms with E-state index in [9.17, 15) is 9.59 Å². The van der Waals surface area contributed by atoms with Gasteiger partial charge < -0.3 is 15.4 Å². The van der Waals surface area contributed by atoms with E-state index in [-0.39, 0.29) is 5.69 Å². The van der Waals surface area contributed by atoms with E-state index in [4.69, 9.17) is 5.26 Å². The van der Waals surface area contributed by atoms with Crippen LogP contribution < -0.4 is 10.6 Å². The van der Waals surface area contributed by atoms with Crippen LogP contribution >= 0.6 is 0 Å². The number of ether oxygens (including phenoxy) is 1. The maximum Gasteiger partial charge on any atom is 0.337 e. The quantitative estimate of drug-likeness (QED) is 0.660. The highest BCUT2D eigenvalue weighted by atomic mass is 16.5. The second-order valence-corrected chi connectivity index (χ2v) is 5.63. The van der Waals surface area contributed by atoms with Crippen LogP contribution in [0.25, 0.3) is 0 Å². The first-order valence-corrected chi connectivity index (χ1v) is 8.18. The van der Waals surface area contributed by atoms with E-state index in [1.54, 1.807) is 48.5 Å². The number of amides is 1. The minimum absolute atomic E-state index is 0.122. The number of carbonyl (C=O) groups excluding carboxylic acids is 2. The van der Waals surface area contributed by atoms with Gasteiger partial charge in [-0.05, 0) is 36.4 Å². The lowest BCUT2D eigenvalue weighted by atomic mass is 10.2. The Balaban J connectivity index is 1.68. The molecule has 0 saturated heterocycles. The number of aromatic nitrogens is 2. The van der Waals surface area contributed by atoms with Crippen molar-refractivity contribution in [1.29, 1.82) is 5.26 Å². The summed E-state index contributed by atoms with van der Waals surface area (Å²) in [5.41, 5.74) is 2.08. The van der Waals surface area contributed by atoms with Crippen LogP contribution in [0.3, 0.4) is 0 Å². The van der Waals surface area contributed by atoms with Crippen molar-refractivity contribution in [3.63, 3.8) is 0 Å². The van der Waals surface area contributed by atoms with Gasteiger partial charge in [-0.1, -0.05) is 12.1 Å². The Morgan fingerprint density at radius 3 is 2.54 bits per heavy atom. The van der Waals surface area contributed by atoms with Crippen molar-refractivity contribution in [3.05, 3.63) is 77.7 Å². The van der Waals surface area contributed by atoms with Crippen LogP contribution in [0.2, 0.25) is 0 Å². The van der Waals surface area contributed by atoms with E-state index in [1.807, 2.05) is 6.07 Å². The first-order valence-electron chi connectivity index (χ1n) is 8.18. The maximum atomic E-state index is 12.3. The van der Waals surface area contributed by atoms with Crippen LogP contribution in [0.1, 0.15) is 26.4 Å². The van der Waals surface area contributed by atoms with Gasteiger partial charge in [-0.2, -0.15) is 5.26 Å². The Morgan fingerprint density at radius 2 is 1.82 bits per heavy atom. The summed E-state index contributed by atoms with van der Waals surface area (Å²) < 4.78 is 4.69. The fourth-order valence-corrected chi connectivity index (χ4v) is 2.36. The highest BCUT2D eigenvalue weighted by molar-refractivity contribution is 6.02. The number of nitriles is 1. The van der Waals surface area contributed by atoms with Gasteiger partial charge in [0, 0.05) is 11.4 Å². The van der Waals surface area contributed by atoms with E-state index < -0.39 is 11.9 Å². The maximum absolute atomic E-state index is 12.3. The summed E-state index contributed by atoms with van der Waals surface area (Å²) in [4.78, 5) is 32.1. The molecule has 0 bridgehead atoms. The summed E-state index contributed by atoms with van der Waals surface area (Å²) in [7, 11) is 1.31. The third-order valence-corrected chi connectivity index (χ3v) is 3.69. The summed E-state index contributed by atoms with van der Waals surface area (Å²) in [5, 5.41) is 14.6. The summed E-state index contributed by atoms with van der Waals surface area (Å²) in [6.45, 7) is 0. The summed E-state index contributed by atoms with van der Waals surface area (Å²) in [6, 6.07) is 15.3. The molecule has 2 N–H and O–H groups in total. The lowest BCUT2D eigenvalue weighted by Crippen LogP contribution is -2.14. The van der Waals surface area contributed by atoms with Gasteiger partial charge in [0.15, 0.2) is 0 Å². The van der Waals surface area contributed by atoms with Gasteiger partial charge in [0.1, 0.15) is 11.5 Å². The van der Waals surface area contributed by atoms with Crippen molar-refractivity contribution in [2.45, 2.75) is 0 Å². The number of carbonyl (C=O) groups is 2. The van der Waals surface area contributed by atoms with Crippen LogP contribution in [0, 0.1) is 11.3 Å². The standard InChI is InChI=1S/C20H15N5O3/c1-28-20(27)14-5-3-7-16(9-14)24-18-12-22-17(11-23-18)19(26)25-15-6-2-4-13(8-15)10-21/h2-9,11-12H,1H3,(H,23,24)(H,25,26). The molecule has 0 saturated carbocycles. The fraction of sp³-hybridized carbons (Fsp3) is 0.0500. The van der Waals surface area contributed by atoms with Gasteiger partial charge in [-0.25, -0.2) is 14.8 Å². The van der Waals surface area contributed by atoms with E-state index >= 15 is 0 Å². The molecule has 138 valence electrons. The van der Waals surface area contributed by atoms with Gasteiger partial charge in [-0.15, -0.1) is 0 Å². The highest BCUT2D eigenvalue weighted by Crippen LogP contribution is 2.16. The SMILES string of the molecule is COC(=O)c1cccc(Nc2cnc(C(=O)Nc3cccc(C#N)c3)cn2)c1. The molecule has 0 aliphatic carbocycles. The molecule has 8 heteroatoms. The van der Waals surface area contributed by atoms with Crippen molar-refractivity contribution in [3.8, 4) is 6.07 Å². The molecule has 1 heterocycles. The number of rotatable bonds is 5. The lowest BCUT2D eigenvalue weighted by molar-refractivity contribution is 0.0600. The molecule has 0 atom stereocenters. The molecule has 0 aliphatic rings. The van der Waals surface area contributed by atoms with Gasteiger partial charge in [-0.3, -0.25) is 4.79 Å². The molecule has 28 heavy (non-hydrogen) atoms. The van der Waals surface area contributed by atoms with Crippen LogP contribution in [-0.2, 0) is 4.74 Å². The van der Waals surface area contributed by atoms with Crippen molar-refractivity contribution in [2.75, 3.05) is 17.7 Å². The second kappa shape index (κ2) is 8.42. The van der Waals surface area contributed by atoms with Crippen molar-refractivity contribution < 1.29 is 14.3 Å². The molecule has 1 amide bonds. The smallest absolute Gasteiger partial charge is 0.337 e. The van der Waals surface area contributed by atoms with Crippen molar-refractivity contribution in [1.82, 2.24) is 9.97 Å². The Labute approximate surface area is 160 Å². The largest absolute Gasteiger partial charge is 0.465 e. The minimum Gasteiger partial charge on any atom is -0.465 e. The fourth-order valence-electron chi connectivity index (χ4n) is 2.36. The predicted molar refractivity (Wildman–Crippen MR) is 102 cm³/mol. The number of hydrogen-bond acceptors (Lipinski definition) is 7. The van der Waals surface area contributed by atoms with Crippen molar-refractivity contribution >= 4 is 29.1 Å². The van der Waals surface area contributed by atoms with E-state index in [0.717, 1.165) is 0 Å². The van der Waals surface area contributed by atoms with Crippen LogP contribution in [0.15, 0.2) is 60.9 Å². The molecule has 8 nitrogen and oxygen atoms in total. The Morgan fingerprint density at radius 1 is 1.04 bits per heavy atom. The average Bonchev–Trinajstić information content (AvgIpc) is 2.74. The first-order chi connectivity index (χ1) is 13.6. The van der Waals surface area contributed by atoms with Crippen LogP contribution in [0.4, 0.5) is 17.2 Å². The topological polar surface area (TPSA) is 117 Å². The van der Waals surface area contributed by atoms with E-state index in [0.29, 0.717) is 28.3 Å². The van der Waals surface area contributed by atoms with Gasteiger partial charge in [0.05, 0.1) is 36.7 Å². The highest BCUT2D eigenvalue weighted by Gasteiger charge is 2.10. The van der Waals surface area contributed by atoms with Crippen LogP contribution in [0.5, 0.6) is 0 Å². The summed E-state index contributed by atoms with van der Waals surface area (Å²) in [5.74, 6) is -0.478. The number of nitrogens with one attached hydrogen (secondary N) is 2. The predicted octanol–water partition coefficient (Wildman–Crippen LogP) is 3.13. The normalized spacial score (nSPS) is 9.86. The number of hydrogen-bond donors (Lipinski definition) is 2. The lowest BCUT2D eigenvalue weighted by Gasteiger charge is -2.08. The van der Waals surface area contributed by atoms with Gasteiger partial charge >= 0.3 is 5.97 Å². The summed E-state index contributed by atoms with van der Waals surface area (Å²) in [6.07, 6.45) is 2.74. The number of anilines is 3. The molecule has 0 unspecified atom stereocenters. The third-order valence-electron chi connectivity index (χ3n) is 3.69. The first kappa shape index (κ1) is 18.5. The Bertz CT molecular complexity index is 1060. The van der Waals surface area contributed by atoms with Crippen molar-refractivity contribution in [2.24, 2.45) is 0 Å². The number of benzene rings is 2. The molecular weight excluding hydrogens is 358 g/mol. The van der Waals surface area contributed by atoms with Crippen LogP contribution in [-0.4, -0.2) is 29.0 Å². The zero-order chi connectivity index (χ0) is 19.9.